The molecule has 0 aromatic carbocycles. The van der Waals surface area contributed by atoms with E-state index >= 15 is 0 Å². The number of hydrogen-bond donors (Lipinski definition) is 0. The summed E-state index contributed by atoms with van der Waals surface area (Å²) in [5, 5.41) is 0. The fourth-order valence-corrected chi connectivity index (χ4v) is 6.48. The predicted molar refractivity (Wildman–Crippen MR) is 68.6 cm³/mol. The average Bonchev–Trinajstić information content (AvgIpc) is 2.39. The molecule has 0 amide bonds. The van der Waals surface area contributed by atoms with Crippen LogP contribution in [-0.4, -0.2) is 3.92 Å². The molecule has 0 saturated heterocycles. The fourth-order valence-electron chi connectivity index (χ4n) is 4.83. The van der Waals surface area contributed by atoms with Crippen molar-refractivity contribution in [2.75, 3.05) is 0 Å². The molecule has 1 heteroatoms. The van der Waals surface area contributed by atoms with Gasteiger partial charge >= 0.3 is 0 Å². The maximum absolute atomic E-state index is 2.78. The van der Waals surface area contributed by atoms with Crippen LogP contribution < -0.4 is 0 Å². The van der Waals surface area contributed by atoms with E-state index < -0.39 is 0 Å². The minimum absolute atomic E-state index is 1.03. The van der Waals surface area contributed by atoms with Crippen LogP contribution >= 0.6 is 22.6 Å². The van der Waals surface area contributed by atoms with Crippen molar-refractivity contribution in [2.45, 2.75) is 43.5 Å². The molecule has 0 aliphatic heterocycles. The first kappa shape index (κ1) is 9.92. The third kappa shape index (κ3) is 1.17. The Morgan fingerprint density at radius 2 is 1.93 bits per heavy atom. The van der Waals surface area contributed by atoms with Crippen molar-refractivity contribution in [1.29, 1.82) is 0 Å². The van der Waals surface area contributed by atoms with Crippen molar-refractivity contribution in [3.05, 3.63) is 0 Å². The smallest absolute Gasteiger partial charge is 0.0172 e. The van der Waals surface area contributed by atoms with E-state index in [1.807, 2.05) is 0 Å². The molecule has 0 heterocycles. The van der Waals surface area contributed by atoms with Crippen molar-refractivity contribution < 1.29 is 0 Å². The Morgan fingerprint density at radius 1 is 1.14 bits per heavy atom. The second kappa shape index (κ2) is 3.36. The van der Waals surface area contributed by atoms with Gasteiger partial charge in [0.15, 0.2) is 0 Å². The number of hydrogen-bond acceptors (Lipinski definition) is 0. The van der Waals surface area contributed by atoms with Gasteiger partial charge in [-0.1, -0.05) is 42.9 Å². The molecule has 2 unspecified atom stereocenters. The van der Waals surface area contributed by atoms with E-state index in [-0.39, 0.29) is 0 Å². The highest BCUT2D eigenvalue weighted by atomic mass is 127. The maximum Gasteiger partial charge on any atom is 0.0172 e. The summed E-state index contributed by atoms with van der Waals surface area (Å²) in [6.45, 7) is 4.89. The van der Waals surface area contributed by atoms with Gasteiger partial charge in [-0.25, -0.2) is 0 Å². The zero-order chi connectivity index (χ0) is 9.87. The maximum atomic E-state index is 2.78. The van der Waals surface area contributed by atoms with Crippen LogP contribution in [0, 0.1) is 35.5 Å². The van der Waals surface area contributed by atoms with Crippen LogP contribution in [0.1, 0.15) is 39.5 Å². The van der Waals surface area contributed by atoms with Crippen LogP contribution in [0.5, 0.6) is 0 Å². The third-order valence-corrected chi connectivity index (χ3v) is 7.32. The molecule has 0 nitrogen and oxygen atoms in total. The fraction of sp³-hybridized carbons (Fsp3) is 1.00. The van der Waals surface area contributed by atoms with Crippen LogP contribution in [0.15, 0.2) is 0 Å². The second-order valence-corrected chi connectivity index (χ2v) is 7.40. The molecular weight excluding hydrogens is 283 g/mol. The number of alkyl halides is 1. The van der Waals surface area contributed by atoms with Crippen LogP contribution in [0.4, 0.5) is 0 Å². The summed E-state index contributed by atoms with van der Waals surface area (Å²) in [7, 11) is 0. The lowest BCUT2D eigenvalue weighted by Gasteiger charge is -2.52. The first-order valence-electron chi connectivity index (χ1n) is 6.36. The van der Waals surface area contributed by atoms with E-state index in [2.05, 4.69) is 36.4 Å². The topological polar surface area (TPSA) is 0 Å². The largest absolute Gasteiger partial charge is 0.0820 e. The van der Waals surface area contributed by atoms with Crippen LogP contribution in [0.3, 0.4) is 0 Å². The molecule has 3 fully saturated rings. The zero-order valence-electron chi connectivity index (χ0n) is 9.25. The number of fused-ring (bicyclic) bond motifs is 4. The summed E-state index contributed by atoms with van der Waals surface area (Å²) < 4.78 is 1.03. The Morgan fingerprint density at radius 3 is 2.57 bits per heavy atom. The molecule has 3 rings (SSSR count). The summed E-state index contributed by atoms with van der Waals surface area (Å²) in [6.07, 6.45) is 6.14. The molecule has 0 spiro atoms. The van der Waals surface area contributed by atoms with Gasteiger partial charge in [0.2, 0.25) is 0 Å². The first-order chi connectivity index (χ1) is 6.72. The molecule has 7 atom stereocenters. The van der Waals surface area contributed by atoms with Crippen molar-refractivity contribution in [3.8, 4) is 0 Å². The highest BCUT2D eigenvalue weighted by Crippen LogP contribution is 2.63. The minimum Gasteiger partial charge on any atom is -0.0820 e. The summed E-state index contributed by atoms with van der Waals surface area (Å²) >= 11 is 2.78. The summed E-state index contributed by atoms with van der Waals surface area (Å²) in [6, 6.07) is 0. The Labute approximate surface area is 101 Å². The van der Waals surface area contributed by atoms with E-state index in [1.165, 1.54) is 6.42 Å². The molecular formula is C13H21I. The third-order valence-electron chi connectivity index (χ3n) is 5.47. The highest BCUT2D eigenvalue weighted by molar-refractivity contribution is 14.1. The highest BCUT2D eigenvalue weighted by Gasteiger charge is 2.56. The quantitative estimate of drug-likeness (QED) is 0.505. The van der Waals surface area contributed by atoms with Gasteiger partial charge in [0.1, 0.15) is 0 Å². The SMILES string of the molecule is CC[C@H]1CC2[C@@H](I)C1C[C@@H]1C[C@H](C)[C@H]21. The molecule has 2 bridgehead atoms. The molecule has 0 aromatic rings. The first-order valence-corrected chi connectivity index (χ1v) is 7.61. The lowest BCUT2D eigenvalue weighted by Crippen LogP contribution is -2.47. The molecule has 3 aliphatic rings. The van der Waals surface area contributed by atoms with Crippen LogP contribution in [-0.2, 0) is 0 Å². The Hall–Kier alpha value is 0.730. The van der Waals surface area contributed by atoms with Gasteiger partial charge in [-0.3, -0.25) is 0 Å². The van der Waals surface area contributed by atoms with Gasteiger partial charge in [-0.2, -0.15) is 0 Å². The lowest BCUT2D eigenvalue weighted by atomic mass is 9.55. The van der Waals surface area contributed by atoms with E-state index in [9.17, 15) is 0 Å². The summed E-state index contributed by atoms with van der Waals surface area (Å²) in [5.41, 5.74) is 0. The van der Waals surface area contributed by atoms with Crippen molar-refractivity contribution in [1.82, 2.24) is 0 Å². The van der Waals surface area contributed by atoms with E-state index in [4.69, 9.17) is 0 Å². The minimum atomic E-state index is 1.03. The Balaban J connectivity index is 1.84. The molecule has 0 radical (unpaired) electrons. The summed E-state index contributed by atoms with van der Waals surface area (Å²) in [5.74, 6) is 6.61. The van der Waals surface area contributed by atoms with Crippen LogP contribution in [0.25, 0.3) is 0 Å². The predicted octanol–water partition coefficient (Wildman–Crippen LogP) is 4.13. The van der Waals surface area contributed by atoms with Crippen LogP contribution in [0.2, 0.25) is 0 Å². The van der Waals surface area contributed by atoms with Gasteiger partial charge in [0.25, 0.3) is 0 Å². The Bertz CT molecular complexity index is 237. The van der Waals surface area contributed by atoms with Gasteiger partial charge in [0.05, 0.1) is 0 Å². The van der Waals surface area contributed by atoms with Crippen molar-refractivity contribution >= 4 is 22.6 Å². The van der Waals surface area contributed by atoms with Crippen molar-refractivity contribution in [2.24, 2.45) is 35.5 Å². The molecule has 14 heavy (non-hydrogen) atoms. The molecule has 3 saturated carbocycles. The van der Waals surface area contributed by atoms with Gasteiger partial charge in [-0.15, -0.1) is 0 Å². The molecule has 80 valence electrons. The Kier molecular flexibility index (Phi) is 2.38. The van der Waals surface area contributed by atoms with Gasteiger partial charge in [-0.05, 0) is 54.8 Å². The van der Waals surface area contributed by atoms with E-state index in [1.54, 1.807) is 19.3 Å². The second-order valence-electron chi connectivity index (χ2n) is 5.96. The molecule has 0 aromatic heterocycles. The lowest BCUT2D eigenvalue weighted by molar-refractivity contribution is -0.000330. The standard InChI is InChI=1S/C13H21I/c1-3-8-5-11-12-7(2)4-9(12)6-10(8)13(11)14/h7-13H,3-6H2,1-2H3/t7-,8-,9-,10?,11?,12-,13-/m0/s1. The van der Waals surface area contributed by atoms with E-state index in [0.717, 1.165) is 39.4 Å². The zero-order valence-corrected chi connectivity index (χ0v) is 11.4. The normalized spacial score (nSPS) is 60.6. The number of rotatable bonds is 1. The van der Waals surface area contributed by atoms with Crippen molar-refractivity contribution in [3.63, 3.8) is 0 Å². The average molecular weight is 304 g/mol. The number of halogens is 1. The monoisotopic (exact) mass is 304 g/mol. The summed E-state index contributed by atoms with van der Waals surface area (Å²) in [4.78, 5) is 0. The van der Waals surface area contributed by atoms with Gasteiger partial charge < -0.3 is 0 Å². The molecule has 0 N–H and O–H groups in total. The van der Waals surface area contributed by atoms with E-state index in [0.29, 0.717) is 0 Å². The van der Waals surface area contributed by atoms with Gasteiger partial charge in [0, 0.05) is 3.92 Å². The molecule has 3 aliphatic carbocycles.